The number of ether oxygens (including phenoxy) is 1. The number of nitrogens with zero attached hydrogens (tertiary/aromatic N) is 1. The SMILES string of the molecule is COC1=CCC2C(=O)C=C(c3csc(NC(C)C)n3)NC2=C1Cl. The highest BCUT2D eigenvalue weighted by molar-refractivity contribution is 7.13. The van der Waals surface area contributed by atoms with Crippen molar-refractivity contribution in [3.63, 3.8) is 0 Å². The molecule has 0 spiro atoms. The molecule has 0 aromatic carbocycles. The van der Waals surface area contributed by atoms with E-state index in [1.54, 1.807) is 13.2 Å². The average Bonchev–Trinajstić information content (AvgIpc) is 2.96. The topological polar surface area (TPSA) is 63.2 Å². The van der Waals surface area contributed by atoms with Crippen LogP contribution in [0.5, 0.6) is 0 Å². The molecule has 2 aliphatic rings. The number of carbonyl (C=O) groups excluding carboxylic acids is 1. The maximum Gasteiger partial charge on any atom is 0.183 e. The highest BCUT2D eigenvalue weighted by atomic mass is 35.5. The number of hydrogen-bond donors (Lipinski definition) is 2. The van der Waals surface area contributed by atoms with Crippen LogP contribution in [0.15, 0.2) is 34.0 Å². The smallest absolute Gasteiger partial charge is 0.183 e. The van der Waals surface area contributed by atoms with Gasteiger partial charge in [-0.2, -0.15) is 0 Å². The Hall–Kier alpha value is -1.79. The monoisotopic (exact) mass is 351 g/mol. The van der Waals surface area contributed by atoms with Crippen LogP contribution in [0.1, 0.15) is 26.0 Å². The number of halogens is 1. The first-order valence-electron chi connectivity index (χ1n) is 7.38. The summed E-state index contributed by atoms with van der Waals surface area (Å²) in [6, 6.07) is 0.304. The zero-order chi connectivity index (χ0) is 16.6. The normalized spacial score (nSPS) is 20.7. The third-order valence-corrected chi connectivity index (χ3v) is 4.82. The predicted molar refractivity (Wildman–Crippen MR) is 93.1 cm³/mol. The molecule has 7 heteroatoms. The molecule has 23 heavy (non-hydrogen) atoms. The van der Waals surface area contributed by atoms with Gasteiger partial charge in [0.15, 0.2) is 10.9 Å². The number of aromatic nitrogens is 1. The fourth-order valence-electron chi connectivity index (χ4n) is 2.56. The van der Waals surface area contributed by atoms with E-state index in [0.29, 0.717) is 34.6 Å². The second kappa shape index (κ2) is 6.37. The number of hydrogen-bond acceptors (Lipinski definition) is 6. The summed E-state index contributed by atoms with van der Waals surface area (Å²) in [7, 11) is 1.57. The fraction of sp³-hybridized carbons (Fsp3) is 0.375. The van der Waals surface area contributed by atoms with Crippen molar-refractivity contribution in [3.8, 4) is 0 Å². The molecule has 0 fully saturated rings. The third kappa shape index (κ3) is 3.14. The van der Waals surface area contributed by atoms with Crippen LogP contribution in [0.4, 0.5) is 5.13 Å². The lowest BCUT2D eigenvalue weighted by molar-refractivity contribution is -0.117. The third-order valence-electron chi connectivity index (χ3n) is 3.65. The summed E-state index contributed by atoms with van der Waals surface area (Å²) in [5, 5.41) is 9.73. The van der Waals surface area contributed by atoms with Crippen LogP contribution in [0, 0.1) is 5.92 Å². The summed E-state index contributed by atoms with van der Waals surface area (Å²) in [6.07, 6.45) is 4.04. The van der Waals surface area contributed by atoms with Crippen LogP contribution in [-0.4, -0.2) is 23.9 Å². The number of allylic oxidation sites excluding steroid dienone is 4. The first-order valence-corrected chi connectivity index (χ1v) is 8.64. The van der Waals surface area contributed by atoms with Gasteiger partial charge in [-0.05, 0) is 26.3 Å². The van der Waals surface area contributed by atoms with Gasteiger partial charge >= 0.3 is 0 Å². The lowest BCUT2D eigenvalue weighted by Gasteiger charge is -2.29. The molecular weight excluding hydrogens is 334 g/mol. The predicted octanol–water partition coefficient (Wildman–Crippen LogP) is 3.48. The van der Waals surface area contributed by atoms with Crippen LogP contribution in [0.2, 0.25) is 0 Å². The van der Waals surface area contributed by atoms with Gasteiger partial charge in [-0.25, -0.2) is 4.98 Å². The minimum absolute atomic E-state index is 0.0321. The van der Waals surface area contributed by atoms with Gasteiger partial charge in [-0.15, -0.1) is 11.3 Å². The van der Waals surface area contributed by atoms with Crippen LogP contribution in [-0.2, 0) is 9.53 Å². The van der Waals surface area contributed by atoms with Gasteiger partial charge < -0.3 is 15.4 Å². The molecule has 1 unspecified atom stereocenters. The standard InChI is InChI=1S/C16H18ClN3O2S/c1-8(2)18-16-20-11(7-23-16)10-6-12(21)9-4-5-13(22-3)14(17)15(9)19-10/h5-9,19H,4H2,1-3H3,(H,18,20). The highest BCUT2D eigenvalue weighted by Gasteiger charge is 2.33. The van der Waals surface area contributed by atoms with Gasteiger partial charge in [0.05, 0.1) is 24.4 Å². The van der Waals surface area contributed by atoms with E-state index in [1.165, 1.54) is 11.3 Å². The van der Waals surface area contributed by atoms with Crippen molar-refractivity contribution in [3.05, 3.63) is 39.7 Å². The second-order valence-corrected chi connectivity index (χ2v) is 6.95. The molecule has 1 aromatic rings. The lowest BCUT2D eigenvalue weighted by Crippen LogP contribution is -2.32. The Labute approximate surface area is 144 Å². The Bertz CT molecular complexity index is 733. The van der Waals surface area contributed by atoms with Crippen molar-refractivity contribution in [1.29, 1.82) is 0 Å². The van der Waals surface area contributed by atoms with E-state index in [1.807, 2.05) is 11.5 Å². The molecule has 2 heterocycles. The van der Waals surface area contributed by atoms with Crippen molar-refractivity contribution >= 4 is 39.5 Å². The molecule has 1 atom stereocenters. The Morgan fingerprint density at radius 2 is 2.30 bits per heavy atom. The molecule has 1 aromatic heterocycles. The van der Waals surface area contributed by atoms with Crippen LogP contribution in [0.25, 0.3) is 5.70 Å². The molecule has 0 radical (unpaired) electrons. The molecule has 2 N–H and O–H groups in total. The lowest BCUT2D eigenvalue weighted by atomic mass is 9.88. The van der Waals surface area contributed by atoms with Crippen LogP contribution < -0.4 is 10.6 Å². The molecule has 1 aliphatic carbocycles. The largest absolute Gasteiger partial charge is 0.495 e. The fourth-order valence-corrected chi connectivity index (χ4v) is 3.76. The number of fused-ring (bicyclic) bond motifs is 1. The van der Waals surface area contributed by atoms with E-state index in [4.69, 9.17) is 16.3 Å². The minimum atomic E-state index is -0.267. The molecule has 3 rings (SSSR count). The molecule has 0 saturated carbocycles. The summed E-state index contributed by atoms with van der Waals surface area (Å²) < 4.78 is 5.25. The maximum absolute atomic E-state index is 12.4. The molecule has 1 aliphatic heterocycles. The summed E-state index contributed by atoms with van der Waals surface area (Å²) in [5.74, 6) is 0.363. The van der Waals surface area contributed by atoms with Crippen molar-refractivity contribution < 1.29 is 9.53 Å². The number of anilines is 1. The van der Waals surface area contributed by atoms with E-state index in [2.05, 4.69) is 29.5 Å². The van der Waals surface area contributed by atoms with Gasteiger partial charge in [0.2, 0.25) is 0 Å². The maximum atomic E-state index is 12.4. The Balaban J connectivity index is 1.91. The number of rotatable bonds is 4. The average molecular weight is 352 g/mol. The Morgan fingerprint density at radius 3 is 3.00 bits per heavy atom. The molecule has 5 nitrogen and oxygen atoms in total. The Kier molecular flexibility index (Phi) is 4.46. The van der Waals surface area contributed by atoms with E-state index >= 15 is 0 Å². The molecule has 0 bridgehead atoms. The van der Waals surface area contributed by atoms with Crippen molar-refractivity contribution in [1.82, 2.24) is 10.3 Å². The Morgan fingerprint density at radius 1 is 1.52 bits per heavy atom. The zero-order valence-electron chi connectivity index (χ0n) is 13.1. The van der Waals surface area contributed by atoms with Gasteiger partial charge in [-0.3, -0.25) is 4.79 Å². The molecular formula is C16H18ClN3O2S. The van der Waals surface area contributed by atoms with Gasteiger partial charge in [0.1, 0.15) is 10.8 Å². The summed E-state index contributed by atoms with van der Waals surface area (Å²) in [4.78, 5) is 16.9. The number of nitrogens with one attached hydrogen (secondary N) is 2. The van der Waals surface area contributed by atoms with E-state index in [0.717, 1.165) is 10.8 Å². The minimum Gasteiger partial charge on any atom is -0.495 e. The summed E-state index contributed by atoms with van der Waals surface area (Å²) in [6.45, 7) is 4.11. The van der Waals surface area contributed by atoms with Gasteiger partial charge in [0.25, 0.3) is 0 Å². The summed E-state index contributed by atoms with van der Waals surface area (Å²) >= 11 is 7.87. The molecule has 0 amide bonds. The van der Waals surface area contributed by atoms with Crippen molar-refractivity contribution in [2.45, 2.75) is 26.3 Å². The second-order valence-electron chi connectivity index (χ2n) is 5.71. The number of carbonyl (C=O) groups is 1. The number of thiazole rings is 1. The van der Waals surface area contributed by atoms with Gasteiger partial charge in [-0.1, -0.05) is 11.6 Å². The van der Waals surface area contributed by atoms with Crippen molar-refractivity contribution in [2.75, 3.05) is 12.4 Å². The highest BCUT2D eigenvalue weighted by Crippen LogP contribution is 2.36. The van der Waals surface area contributed by atoms with E-state index in [9.17, 15) is 4.79 Å². The molecule has 0 saturated heterocycles. The number of ketones is 1. The molecule has 122 valence electrons. The first-order chi connectivity index (χ1) is 11.0. The van der Waals surface area contributed by atoms with E-state index in [-0.39, 0.29) is 11.7 Å². The quantitative estimate of drug-likeness (QED) is 0.869. The zero-order valence-corrected chi connectivity index (χ0v) is 14.7. The van der Waals surface area contributed by atoms with Crippen molar-refractivity contribution in [2.24, 2.45) is 5.92 Å². The van der Waals surface area contributed by atoms with E-state index < -0.39 is 0 Å². The van der Waals surface area contributed by atoms with Crippen LogP contribution in [0.3, 0.4) is 0 Å². The van der Waals surface area contributed by atoms with Crippen LogP contribution >= 0.6 is 22.9 Å². The summed E-state index contributed by atoms with van der Waals surface area (Å²) in [5.41, 5.74) is 2.10. The van der Waals surface area contributed by atoms with Gasteiger partial charge in [0, 0.05) is 23.2 Å². The first kappa shape index (κ1) is 16.1. The number of methoxy groups -OCH3 is 1.